The van der Waals surface area contributed by atoms with Gasteiger partial charge in [0.2, 0.25) is 0 Å². The lowest BCUT2D eigenvalue weighted by Gasteiger charge is -2.19. The maximum Gasteiger partial charge on any atom is 0.193 e. The normalized spacial score (nSPS) is 49.6. The third-order valence-electron chi connectivity index (χ3n) is 2.46. The molecule has 0 N–H and O–H groups in total. The summed E-state index contributed by atoms with van der Waals surface area (Å²) in [5.41, 5.74) is 0. The van der Waals surface area contributed by atoms with Crippen LogP contribution in [-0.4, -0.2) is 38.4 Å². The molecule has 0 aliphatic carbocycles. The Hall–Kier alpha value is 0.270. The van der Waals surface area contributed by atoms with Crippen LogP contribution in [0, 0.1) is 0 Å². The largest absolute Gasteiger partial charge is 0.376 e. The Morgan fingerprint density at radius 1 is 1.38 bits per heavy atom. The van der Waals surface area contributed by atoms with Crippen LogP contribution >= 0.6 is 8.38 Å². The fraction of sp³-hybridized carbons (Fsp3) is 1.00. The summed E-state index contributed by atoms with van der Waals surface area (Å²) in [4.78, 5) is 0. The van der Waals surface area contributed by atoms with Gasteiger partial charge in [-0.1, -0.05) is 6.92 Å². The topological polar surface area (TPSA) is 36.9 Å². The molecule has 5 atom stereocenters. The van der Waals surface area contributed by atoms with Gasteiger partial charge in [0, 0.05) is 13.8 Å². The number of rotatable bonds is 2. The average Bonchev–Trinajstić information content (AvgIpc) is 2.59. The van der Waals surface area contributed by atoms with Crippen molar-refractivity contribution in [2.45, 2.75) is 37.9 Å². The van der Waals surface area contributed by atoms with Crippen molar-refractivity contribution in [3.63, 3.8) is 0 Å². The van der Waals surface area contributed by atoms with Crippen LogP contribution in [0.25, 0.3) is 0 Å². The van der Waals surface area contributed by atoms with Gasteiger partial charge in [0.25, 0.3) is 0 Å². The van der Waals surface area contributed by atoms with Gasteiger partial charge in [-0.25, -0.2) is 0 Å². The zero-order chi connectivity index (χ0) is 9.42. The first kappa shape index (κ1) is 9.81. The Bertz CT molecular complexity index is 189. The minimum atomic E-state index is -0.760. The molecule has 0 aromatic heterocycles. The van der Waals surface area contributed by atoms with Crippen molar-refractivity contribution >= 4 is 8.38 Å². The molecule has 2 saturated heterocycles. The van der Waals surface area contributed by atoms with Gasteiger partial charge < -0.3 is 18.5 Å². The first-order valence-corrected chi connectivity index (χ1v) is 6.14. The number of hydrogen-bond donors (Lipinski definition) is 0. The van der Waals surface area contributed by atoms with Gasteiger partial charge in [0.05, 0.1) is 6.10 Å². The first-order chi connectivity index (χ1) is 6.26. The van der Waals surface area contributed by atoms with Gasteiger partial charge in [0.1, 0.15) is 12.2 Å². The quantitative estimate of drug-likeness (QED) is 0.641. The van der Waals surface area contributed by atoms with Crippen LogP contribution in [0.1, 0.15) is 13.3 Å². The lowest BCUT2D eigenvalue weighted by Crippen LogP contribution is -2.32. The van der Waals surface area contributed by atoms with Gasteiger partial charge in [-0.15, -0.1) is 0 Å². The second-order valence-electron chi connectivity index (χ2n) is 3.27. The molecule has 2 heterocycles. The van der Waals surface area contributed by atoms with E-state index in [1.807, 2.05) is 6.66 Å². The Labute approximate surface area is 79.4 Å². The van der Waals surface area contributed by atoms with Crippen molar-refractivity contribution in [3.05, 3.63) is 0 Å². The maximum atomic E-state index is 5.65. The number of fused-ring (bicyclic) bond motifs is 1. The van der Waals surface area contributed by atoms with Crippen LogP contribution in [0.3, 0.4) is 0 Å². The molecule has 2 fully saturated rings. The second kappa shape index (κ2) is 3.79. The van der Waals surface area contributed by atoms with Crippen LogP contribution in [0.2, 0.25) is 0 Å². The third-order valence-corrected chi connectivity index (χ3v) is 3.51. The Balaban J connectivity index is 2.05. The van der Waals surface area contributed by atoms with Gasteiger partial charge in [-0.2, -0.15) is 0 Å². The van der Waals surface area contributed by atoms with E-state index in [0.717, 1.165) is 6.42 Å². The molecule has 76 valence electrons. The summed E-state index contributed by atoms with van der Waals surface area (Å²) in [6, 6.07) is 0. The fourth-order valence-electron chi connectivity index (χ4n) is 1.85. The van der Waals surface area contributed by atoms with Crippen molar-refractivity contribution in [3.8, 4) is 0 Å². The van der Waals surface area contributed by atoms with Gasteiger partial charge in [-0.05, 0) is 6.42 Å². The molecular weight excluding hydrogens is 191 g/mol. The van der Waals surface area contributed by atoms with Crippen LogP contribution in [0.15, 0.2) is 0 Å². The molecule has 0 aromatic rings. The van der Waals surface area contributed by atoms with Crippen molar-refractivity contribution < 1.29 is 18.5 Å². The highest BCUT2D eigenvalue weighted by atomic mass is 31.2. The minimum Gasteiger partial charge on any atom is -0.376 e. The molecule has 13 heavy (non-hydrogen) atoms. The zero-order valence-corrected chi connectivity index (χ0v) is 8.99. The van der Waals surface area contributed by atoms with E-state index in [2.05, 4.69) is 6.92 Å². The molecule has 1 unspecified atom stereocenters. The molecule has 0 bridgehead atoms. The van der Waals surface area contributed by atoms with Crippen LogP contribution in [0.4, 0.5) is 0 Å². The highest BCUT2D eigenvalue weighted by Crippen LogP contribution is 2.50. The summed E-state index contributed by atoms with van der Waals surface area (Å²) in [6.45, 7) is 4.01. The monoisotopic (exact) mass is 206 g/mol. The molecule has 2 aliphatic heterocycles. The summed E-state index contributed by atoms with van der Waals surface area (Å²) < 4.78 is 22.1. The first-order valence-electron chi connectivity index (χ1n) is 4.51. The smallest absolute Gasteiger partial charge is 0.193 e. The molecular formula is C8H15O4P. The molecule has 0 aromatic carbocycles. The van der Waals surface area contributed by atoms with Crippen molar-refractivity contribution in [1.82, 2.24) is 0 Å². The molecule has 0 saturated carbocycles. The van der Waals surface area contributed by atoms with E-state index in [0.29, 0.717) is 0 Å². The highest BCUT2D eigenvalue weighted by molar-refractivity contribution is 7.46. The van der Waals surface area contributed by atoms with E-state index >= 15 is 0 Å². The minimum absolute atomic E-state index is 0.0222. The molecule has 5 heteroatoms. The molecule has 2 rings (SSSR count). The third kappa shape index (κ3) is 1.62. The Morgan fingerprint density at radius 2 is 2.15 bits per heavy atom. The van der Waals surface area contributed by atoms with Crippen LogP contribution < -0.4 is 0 Å². The van der Waals surface area contributed by atoms with Crippen LogP contribution in [-0.2, 0) is 18.5 Å². The van der Waals surface area contributed by atoms with Gasteiger partial charge in [0.15, 0.2) is 14.7 Å². The van der Waals surface area contributed by atoms with Crippen molar-refractivity contribution in [2.24, 2.45) is 0 Å². The van der Waals surface area contributed by atoms with E-state index in [-0.39, 0.29) is 24.6 Å². The summed E-state index contributed by atoms with van der Waals surface area (Å²) in [6.07, 6.45) is 0.850. The Kier molecular flexibility index (Phi) is 2.86. The molecule has 2 aliphatic rings. The van der Waals surface area contributed by atoms with Gasteiger partial charge in [-0.3, -0.25) is 0 Å². The summed E-state index contributed by atoms with van der Waals surface area (Å²) in [7, 11) is 0.933. The number of methoxy groups -OCH3 is 1. The standard InChI is InChI=1S/C8H15O4P/c1-4-5-6(9-2)7-8(10-5)12-13(3)11-7/h5-8H,4H2,1-3H3/t5-,6+,7-,8-,13?/m0/s1. The highest BCUT2D eigenvalue weighted by Gasteiger charge is 2.51. The molecule has 0 amide bonds. The average molecular weight is 206 g/mol. The van der Waals surface area contributed by atoms with E-state index in [4.69, 9.17) is 18.5 Å². The van der Waals surface area contributed by atoms with Crippen molar-refractivity contribution in [1.29, 1.82) is 0 Å². The van der Waals surface area contributed by atoms with Crippen molar-refractivity contribution in [2.75, 3.05) is 13.8 Å². The van der Waals surface area contributed by atoms with E-state index < -0.39 is 8.38 Å². The van der Waals surface area contributed by atoms with E-state index in [1.54, 1.807) is 7.11 Å². The maximum absolute atomic E-state index is 5.65. The SMILES string of the molecule is CC[C@@H]1O[C@H]2OP(C)O[C@H]2[C@@H]1OC. The lowest BCUT2D eigenvalue weighted by atomic mass is 10.1. The van der Waals surface area contributed by atoms with E-state index in [9.17, 15) is 0 Å². The number of ether oxygens (including phenoxy) is 2. The predicted octanol–water partition coefficient (Wildman–Crippen LogP) is 1.49. The summed E-state index contributed by atoms with van der Waals surface area (Å²) in [5.74, 6) is 0. The Morgan fingerprint density at radius 3 is 2.77 bits per heavy atom. The summed E-state index contributed by atoms with van der Waals surface area (Å²) >= 11 is 0. The van der Waals surface area contributed by atoms with Crippen LogP contribution in [0.5, 0.6) is 0 Å². The molecule has 0 radical (unpaired) electrons. The second-order valence-corrected chi connectivity index (χ2v) is 4.57. The molecule has 0 spiro atoms. The summed E-state index contributed by atoms with van der Waals surface area (Å²) in [5, 5.41) is 0. The van der Waals surface area contributed by atoms with Gasteiger partial charge >= 0.3 is 0 Å². The lowest BCUT2D eigenvalue weighted by molar-refractivity contribution is -0.0748. The fourth-order valence-corrected chi connectivity index (χ4v) is 2.92. The predicted molar refractivity (Wildman–Crippen MR) is 48.6 cm³/mol. The zero-order valence-electron chi connectivity index (χ0n) is 8.10. The van der Waals surface area contributed by atoms with E-state index in [1.165, 1.54) is 0 Å². The molecule has 4 nitrogen and oxygen atoms in total. The number of hydrogen-bond acceptors (Lipinski definition) is 4.